The molecular formula is C10H19Br4N. The summed E-state index contributed by atoms with van der Waals surface area (Å²) in [7, 11) is 0. The van der Waals surface area contributed by atoms with Crippen molar-refractivity contribution < 1.29 is 0 Å². The fraction of sp³-hybridized carbons (Fsp3) is 1.00. The van der Waals surface area contributed by atoms with Crippen LogP contribution in [-0.2, 0) is 0 Å². The van der Waals surface area contributed by atoms with Gasteiger partial charge in [-0.25, -0.2) is 0 Å². The number of hydrogen-bond acceptors (Lipinski definition) is 1. The Kier molecular flexibility index (Phi) is 12.4. The Morgan fingerprint density at radius 2 is 1.47 bits per heavy atom. The summed E-state index contributed by atoms with van der Waals surface area (Å²) in [6.45, 7) is 0.668. The molecule has 3 atom stereocenters. The topological polar surface area (TPSA) is 26.0 Å². The van der Waals surface area contributed by atoms with Crippen LogP contribution in [0.3, 0.4) is 0 Å². The second-order valence-corrected chi connectivity index (χ2v) is 7.81. The zero-order valence-electron chi connectivity index (χ0n) is 8.77. The largest absolute Gasteiger partial charge is 0.329 e. The van der Waals surface area contributed by atoms with Crippen LogP contribution in [0.5, 0.6) is 0 Å². The van der Waals surface area contributed by atoms with E-state index in [0.717, 1.165) is 5.33 Å². The lowest BCUT2D eigenvalue weighted by Crippen LogP contribution is -2.30. The second kappa shape index (κ2) is 11.0. The predicted octanol–water partition coefficient (Wildman–Crippen LogP) is 4.58. The summed E-state index contributed by atoms with van der Waals surface area (Å²) >= 11 is 14.4. The predicted molar refractivity (Wildman–Crippen MR) is 84.1 cm³/mol. The average molecular weight is 473 g/mol. The van der Waals surface area contributed by atoms with E-state index in [4.69, 9.17) is 5.73 Å². The molecule has 15 heavy (non-hydrogen) atoms. The normalized spacial score (nSPS) is 17.4. The van der Waals surface area contributed by atoms with Crippen LogP contribution >= 0.6 is 63.7 Å². The summed E-state index contributed by atoms with van der Waals surface area (Å²) in [6.07, 6.45) is 6.43. The van der Waals surface area contributed by atoms with Crippen LogP contribution in [-0.4, -0.2) is 26.4 Å². The molecule has 5 heteroatoms. The maximum atomic E-state index is 5.60. The van der Waals surface area contributed by atoms with Crippen LogP contribution in [0.15, 0.2) is 0 Å². The van der Waals surface area contributed by atoms with Crippen molar-refractivity contribution >= 4 is 63.7 Å². The molecule has 0 amide bonds. The van der Waals surface area contributed by atoms with E-state index in [2.05, 4.69) is 63.7 Å². The highest BCUT2D eigenvalue weighted by molar-refractivity contribution is 9.13. The van der Waals surface area contributed by atoms with E-state index in [0.29, 0.717) is 21.0 Å². The number of hydrogen-bond donors (Lipinski definition) is 1. The van der Waals surface area contributed by atoms with Gasteiger partial charge in [0.2, 0.25) is 0 Å². The SMILES string of the molecule is NCC(Br)C(Br)C(Br)CCCCCCBr. The van der Waals surface area contributed by atoms with E-state index >= 15 is 0 Å². The summed E-state index contributed by atoms with van der Waals surface area (Å²) in [4.78, 5) is 1.28. The maximum Gasteiger partial charge on any atom is 0.0408 e. The molecule has 0 saturated carbocycles. The van der Waals surface area contributed by atoms with Gasteiger partial charge in [0, 0.05) is 26.4 Å². The highest BCUT2D eigenvalue weighted by atomic mass is 79.9. The van der Waals surface area contributed by atoms with Gasteiger partial charge in [0.1, 0.15) is 0 Å². The Labute approximate surface area is 127 Å². The zero-order chi connectivity index (χ0) is 11.7. The van der Waals surface area contributed by atoms with Gasteiger partial charge in [0.25, 0.3) is 0 Å². The van der Waals surface area contributed by atoms with E-state index in [-0.39, 0.29) is 0 Å². The van der Waals surface area contributed by atoms with E-state index < -0.39 is 0 Å². The molecule has 0 radical (unpaired) electrons. The van der Waals surface area contributed by atoms with Crippen LogP contribution in [0.2, 0.25) is 0 Å². The third-order valence-electron chi connectivity index (χ3n) is 2.28. The molecule has 3 unspecified atom stereocenters. The number of unbranched alkanes of at least 4 members (excludes halogenated alkanes) is 3. The first kappa shape index (κ1) is 16.9. The summed E-state index contributed by atoms with van der Waals surface area (Å²) in [5, 5.41) is 1.13. The van der Waals surface area contributed by atoms with Crippen molar-refractivity contribution in [2.24, 2.45) is 5.73 Å². The smallest absolute Gasteiger partial charge is 0.0408 e. The molecular weight excluding hydrogens is 454 g/mol. The number of halogens is 4. The minimum absolute atomic E-state index is 0.351. The monoisotopic (exact) mass is 469 g/mol. The molecule has 0 bridgehead atoms. The van der Waals surface area contributed by atoms with Gasteiger partial charge in [0.05, 0.1) is 0 Å². The van der Waals surface area contributed by atoms with Crippen molar-refractivity contribution in [1.29, 1.82) is 0 Å². The lowest BCUT2D eigenvalue weighted by molar-refractivity contribution is 0.610. The van der Waals surface area contributed by atoms with Crippen LogP contribution in [0.4, 0.5) is 0 Å². The Morgan fingerprint density at radius 1 is 0.867 bits per heavy atom. The molecule has 0 saturated heterocycles. The van der Waals surface area contributed by atoms with Gasteiger partial charge in [-0.15, -0.1) is 0 Å². The minimum atomic E-state index is 0.351. The summed E-state index contributed by atoms with van der Waals surface area (Å²) < 4.78 is 0. The van der Waals surface area contributed by atoms with Crippen molar-refractivity contribution in [3.05, 3.63) is 0 Å². The number of nitrogens with two attached hydrogens (primary N) is 1. The molecule has 2 N–H and O–H groups in total. The lowest BCUT2D eigenvalue weighted by atomic mass is 10.1. The van der Waals surface area contributed by atoms with Gasteiger partial charge >= 0.3 is 0 Å². The van der Waals surface area contributed by atoms with Gasteiger partial charge in [-0.2, -0.15) is 0 Å². The van der Waals surface area contributed by atoms with Crippen molar-refractivity contribution in [3.63, 3.8) is 0 Å². The molecule has 0 spiro atoms. The quantitative estimate of drug-likeness (QED) is 0.386. The standard InChI is InChI=1S/C10H19Br4N/c11-6-4-2-1-3-5-8(12)10(14)9(13)7-15/h8-10H,1-7,15H2. The van der Waals surface area contributed by atoms with Gasteiger partial charge in [-0.05, 0) is 12.8 Å². The fourth-order valence-corrected chi connectivity index (χ4v) is 3.65. The Balaban J connectivity index is 3.50. The Hall–Kier alpha value is 1.88. The van der Waals surface area contributed by atoms with Gasteiger partial charge in [-0.1, -0.05) is 83.0 Å². The summed E-state index contributed by atoms with van der Waals surface area (Å²) in [6, 6.07) is 0. The van der Waals surface area contributed by atoms with Crippen molar-refractivity contribution in [2.75, 3.05) is 11.9 Å². The highest BCUT2D eigenvalue weighted by Gasteiger charge is 2.21. The second-order valence-electron chi connectivity index (χ2n) is 3.60. The Bertz CT molecular complexity index is 145. The number of rotatable bonds is 9. The highest BCUT2D eigenvalue weighted by Crippen LogP contribution is 2.26. The molecule has 0 rings (SSSR count). The molecule has 0 aromatic carbocycles. The minimum Gasteiger partial charge on any atom is -0.329 e. The van der Waals surface area contributed by atoms with Gasteiger partial charge in [0.15, 0.2) is 0 Å². The molecule has 0 aliphatic heterocycles. The molecule has 0 heterocycles. The first-order chi connectivity index (χ1) is 7.13. The zero-order valence-corrected chi connectivity index (χ0v) is 15.1. The van der Waals surface area contributed by atoms with Gasteiger partial charge < -0.3 is 5.73 Å². The third kappa shape index (κ3) is 8.58. The summed E-state index contributed by atoms with van der Waals surface area (Å²) in [5.74, 6) is 0. The first-order valence-corrected chi connectivity index (χ1v) is 9.18. The average Bonchev–Trinajstić information content (AvgIpc) is 2.26. The van der Waals surface area contributed by atoms with Crippen LogP contribution in [0.1, 0.15) is 32.1 Å². The number of alkyl halides is 4. The summed E-state index contributed by atoms with van der Waals surface area (Å²) in [5.41, 5.74) is 5.60. The Morgan fingerprint density at radius 3 is 2.00 bits per heavy atom. The first-order valence-electron chi connectivity index (χ1n) is 5.31. The lowest BCUT2D eigenvalue weighted by Gasteiger charge is -2.20. The van der Waals surface area contributed by atoms with Crippen LogP contribution in [0.25, 0.3) is 0 Å². The van der Waals surface area contributed by atoms with Crippen molar-refractivity contribution in [2.45, 2.75) is 46.6 Å². The molecule has 92 valence electrons. The molecule has 0 aromatic heterocycles. The molecule has 0 aliphatic carbocycles. The van der Waals surface area contributed by atoms with E-state index in [9.17, 15) is 0 Å². The van der Waals surface area contributed by atoms with Crippen molar-refractivity contribution in [3.8, 4) is 0 Å². The van der Waals surface area contributed by atoms with Crippen molar-refractivity contribution in [1.82, 2.24) is 0 Å². The van der Waals surface area contributed by atoms with E-state index in [1.165, 1.54) is 32.1 Å². The molecule has 0 aromatic rings. The maximum absolute atomic E-state index is 5.60. The molecule has 0 fully saturated rings. The third-order valence-corrected chi connectivity index (χ3v) is 7.51. The van der Waals surface area contributed by atoms with E-state index in [1.54, 1.807) is 0 Å². The van der Waals surface area contributed by atoms with Crippen LogP contribution < -0.4 is 5.73 Å². The van der Waals surface area contributed by atoms with E-state index in [1.807, 2.05) is 0 Å². The van der Waals surface area contributed by atoms with Gasteiger partial charge in [-0.3, -0.25) is 0 Å². The van der Waals surface area contributed by atoms with Crippen LogP contribution in [0, 0.1) is 0 Å². The molecule has 0 aliphatic rings. The molecule has 1 nitrogen and oxygen atoms in total. The fourth-order valence-electron chi connectivity index (χ4n) is 1.30.